The van der Waals surface area contributed by atoms with Gasteiger partial charge in [0.1, 0.15) is 5.70 Å². The van der Waals surface area contributed by atoms with Gasteiger partial charge in [0.25, 0.3) is 5.91 Å². The smallest absolute Gasteiger partial charge is 0.352 e. The lowest BCUT2D eigenvalue weighted by Gasteiger charge is -2.05. The first kappa shape index (κ1) is 14.0. The first-order chi connectivity index (χ1) is 9.56. The Bertz CT molecular complexity index is 659. The number of carbonyl (C=O) groups excluding carboxylic acids is 1. The highest BCUT2D eigenvalue weighted by molar-refractivity contribution is 7.12. The van der Waals surface area contributed by atoms with Gasteiger partial charge < -0.3 is 10.4 Å². The molecule has 1 aromatic carbocycles. The third-order valence-electron chi connectivity index (χ3n) is 2.56. The summed E-state index contributed by atoms with van der Waals surface area (Å²) < 4.78 is 0. The molecule has 0 spiro atoms. The number of hydrogen-bond donors (Lipinski definition) is 2. The van der Waals surface area contributed by atoms with E-state index < -0.39 is 11.9 Å². The lowest BCUT2D eigenvalue weighted by Crippen LogP contribution is -2.27. The number of aliphatic carboxylic acids is 1. The van der Waals surface area contributed by atoms with Crippen molar-refractivity contribution in [3.63, 3.8) is 0 Å². The van der Waals surface area contributed by atoms with Gasteiger partial charge in [-0.3, -0.25) is 4.79 Å². The van der Waals surface area contributed by atoms with Gasteiger partial charge in [0.2, 0.25) is 0 Å². The highest BCUT2D eigenvalue weighted by atomic mass is 32.1. The van der Waals surface area contributed by atoms with Crippen LogP contribution in [0.3, 0.4) is 0 Å². The van der Waals surface area contributed by atoms with Crippen molar-refractivity contribution >= 4 is 29.3 Å². The quantitative estimate of drug-likeness (QED) is 0.850. The molecule has 0 saturated heterocycles. The second kappa shape index (κ2) is 6.16. The summed E-state index contributed by atoms with van der Waals surface area (Å²) in [4.78, 5) is 25.0. The number of carbonyl (C=O) groups is 2. The van der Waals surface area contributed by atoms with Crippen LogP contribution in [0.4, 0.5) is 0 Å². The predicted octanol–water partition coefficient (Wildman–Crippen LogP) is 2.91. The summed E-state index contributed by atoms with van der Waals surface area (Å²) in [5.41, 5.74) is 0.280. The molecule has 0 bridgehead atoms. The van der Waals surface area contributed by atoms with E-state index in [1.807, 2.05) is 19.1 Å². The Morgan fingerprint density at radius 2 is 1.85 bits per heavy atom. The Hall–Kier alpha value is -2.40. The maximum atomic E-state index is 11.9. The van der Waals surface area contributed by atoms with E-state index in [1.165, 1.54) is 17.4 Å². The van der Waals surface area contributed by atoms with E-state index in [2.05, 4.69) is 5.32 Å². The summed E-state index contributed by atoms with van der Waals surface area (Å²) >= 11 is 1.47. The first-order valence-electron chi connectivity index (χ1n) is 5.94. The van der Waals surface area contributed by atoms with Crippen LogP contribution in [0.2, 0.25) is 0 Å². The summed E-state index contributed by atoms with van der Waals surface area (Å²) in [5, 5.41) is 11.6. The van der Waals surface area contributed by atoms with Crippen molar-refractivity contribution < 1.29 is 14.7 Å². The molecule has 2 aromatic rings. The van der Waals surface area contributed by atoms with Crippen LogP contribution in [0, 0.1) is 6.92 Å². The zero-order valence-electron chi connectivity index (χ0n) is 10.8. The van der Waals surface area contributed by atoms with Gasteiger partial charge in [-0.05, 0) is 37.3 Å². The maximum absolute atomic E-state index is 11.9. The number of amides is 1. The summed E-state index contributed by atoms with van der Waals surface area (Å²) in [7, 11) is 0. The summed E-state index contributed by atoms with van der Waals surface area (Å²) in [5.74, 6) is -1.60. The fraction of sp³-hybridized carbons (Fsp3) is 0.0667. The summed E-state index contributed by atoms with van der Waals surface area (Å²) in [6, 6.07) is 12.2. The fourth-order valence-corrected chi connectivity index (χ4v) is 2.43. The molecule has 4 nitrogen and oxygen atoms in total. The SMILES string of the molecule is Cc1ccc(/C=C(/NC(=O)c2ccccc2)C(=O)O)s1. The lowest BCUT2D eigenvalue weighted by molar-refractivity contribution is -0.132. The molecule has 0 fully saturated rings. The van der Waals surface area contributed by atoms with E-state index in [9.17, 15) is 9.59 Å². The Balaban J connectivity index is 2.20. The average molecular weight is 287 g/mol. The summed E-state index contributed by atoms with van der Waals surface area (Å²) in [6.07, 6.45) is 1.46. The number of carboxylic acid groups (broad SMARTS) is 1. The number of aryl methyl sites for hydroxylation is 1. The molecule has 1 amide bonds. The van der Waals surface area contributed by atoms with Crippen LogP contribution in [0.25, 0.3) is 6.08 Å². The molecular formula is C15H13NO3S. The van der Waals surface area contributed by atoms with Crippen molar-refractivity contribution in [2.24, 2.45) is 0 Å². The number of nitrogens with one attached hydrogen (secondary N) is 1. The molecule has 0 atom stereocenters. The molecule has 0 saturated carbocycles. The number of benzene rings is 1. The van der Waals surface area contributed by atoms with Crippen LogP contribution < -0.4 is 5.32 Å². The third-order valence-corrected chi connectivity index (χ3v) is 3.51. The minimum absolute atomic E-state index is 0.138. The van der Waals surface area contributed by atoms with Gasteiger partial charge in [-0.2, -0.15) is 0 Å². The van der Waals surface area contributed by atoms with Crippen molar-refractivity contribution in [1.29, 1.82) is 0 Å². The van der Waals surface area contributed by atoms with E-state index in [4.69, 9.17) is 5.11 Å². The van der Waals surface area contributed by atoms with Gasteiger partial charge in [0.15, 0.2) is 0 Å². The van der Waals surface area contributed by atoms with Gasteiger partial charge in [-0.25, -0.2) is 4.79 Å². The Morgan fingerprint density at radius 1 is 1.15 bits per heavy atom. The molecule has 0 aliphatic rings. The predicted molar refractivity (Wildman–Crippen MR) is 78.6 cm³/mol. The van der Waals surface area contributed by atoms with Crippen LogP contribution in [0.1, 0.15) is 20.1 Å². The third kappa shape index (κ3) is 3.55. The molecule has 1 aromatic heterocycles. The maximum Gasteiger partial charge on any atom is 0.352 e. The van der Waals surface area contributed by atoms with Gasteiger partial charge in [0.05, 0.1) is 0 Å². The van der Waals surface area contributed by atoms with Gasteiger partial charge in [-0.1, -0.05) is 18.2 Å². The number of rotatable bonds is 4. The highest BCUT2D eigenvalue weighted by Crippen LogP contribution is 2.18. The number of hydrogen-bond acceptors (Lipinski definition) is 3. The minimum Gasteiger partial charge on any atom is -0.477 e. The average Bonchev–Trinajstić information content (AvgIpc) is 2.84. The molecule has 5 heteroatoms. The van der Waals surface area contributed by atoms with Crippen molar-refractivity contribution in [2.75, 3.05) is 0 Å². The largest absolute Gasteiger partial charge is 0.477 e. The Kier molecular flexibility index (Phi) is 4.32. The molecule has 20 heavy (non-hydrogen) atoms. The fourth-order valence-electron chi connectivity index (χ4n) is 1.61. The number of thiophene rings is 1. The van der Waals surface area contributed by atoms with Gasteiger partial charge in [-0.15, -0.1) is 11.3 Å². The molecular weight excluding hydrogens is 274 g/mol. The standard InChI is InChI=1S/C15H13NO3S/c1-10-7-8-12(20-10)9-13(15(18)19)16-14(17)11-5-3-2-4-6-11/h2-9H,1H3,(H,16,17)(H,18,19)/b13-9+. The van der Waals surface area contributed by atoms with Gasteiger partial charge in [0, 0.05) is 15.3 Å². The molecule has 1 heterocycles. The number of carboxylic acids is 1. The van der Waals surface area contributed by atoms with Crippen LogP contribution in [-0.4, -0.2) is 17.0 Å². The van der Waals surface area contributed by atoms with E-state index >= 15 is 0 Å². The first-order valence-corrected chi connectivity index (χ1v) is 6.76. The minimum atomic E-state index is -1.17. The van der Waals surface area contributed by atoms with E-state index in [0.717, 1.165) is 9.75 Å². The Labute approximate surface area is 120 Å². The van der Waals surface area contributed by atoms with Crippen LogP contribution >= 0.6 is 11.3 Å². The van der Waals surface area contributed by atoms with Crippen LogP contribution in [-0.2, 0) is 4.79 Å². The van der Waals surface area contributed by atoms with Crippen molar-refractivity contribution in [2.45, 2.75) is 6.92 Å². The normalized spacial score (nSPS) is 11.2. The monoisotopic (exact) mass is 287 g/mol. The molecule has 0 aliphatic carbocycles. The summed E-state index contributed by atoms with van der Waals surface area (Å²) in [6.45, 7) is 1.94. The van der Waals surface area contributed by atoms with Crippen molar-refractivity contribution in [3.05, 3.63) is 63.5 Å². The zero-order valence-corrected chi connectivity index (χ0v) is 11.6. The molecule has 0 aliphatic heterocycles. The molecule has 0 unspecified atom stereocenters. The van der Waals surface area contributed by atoms with E-state index in [0.29, 0.717) is 5.56 Å². The lowest BCUT2D eigenvalue weighted by atomic mass is 10.2. The molecule has 2 N–H and O–H groups in total. The second-order valence-electron chi connectivity index (χ2n) is 4.13. The van der Waals surface area contributed by atoms with Gasteiger partial charge >= 0.3 is 5.97 Å². The zero-order chi connectivity index (χ0) is 14.5. The molecule has 2 rings (SSSR count). The topological polar surface area (TPSA) is 66.4 Å². The second-order valence-corrected chi connectivity index (χ2v) is 5.45. The molecule has 0 radical (unpaired) electrons. The van der Waals surface area contributed by atoms with E-state index in [1.54, 1.807) is 30.3 Å². The Morgan fingerprint density at radius 3 is 2.40 bits per heavy atom. The van der Waals surface area contributed by atoms with Crippen molar-refractivity contribution in [1.82, 2.24) is 5.32 Å². The van der Waals surface area contributed by atoms with E-state index in [-0.39, 0.29) is 5.70 Å². The van der Waals surface area contributed by atoms with Crippen LogP contribution in [0.5, 0.6) is 0 Å². The van der Waals surface area contributed by atoms with Crippen molar-refractivity contribution in [3.8, 4) is 0 Å². The molecule has 102 valence electrons. The van der Waals surface area contributed by atoms with Crippen LogP contribution in [0.15, 0.2) is 48.2 Å². The highest BCUT2D eigenvalue weighted by Gasteiger charge is 2.13.